The van der Waals surface area contributed by atoms with Crippen molar-refractivity contribution in [2.45, 2.75) is 86.5 Å². The van der Waals surface area contributed by atoms with Gasteiger partial charge in [0.2, 0.25) is 0 Å². The third kappa shape index (κ3) is 6.80. The largest absolute Gasteiger partial charge is 0.0683 e. The second kappa shape index (κ2) is 9.18. The van der Waals surface area contributed by atoms with Crippen LogP contribution in [-0.2, 0) is 10.8 Å². The minimum absolute atomic E-state index is 0.259. The van der Waals surface area contributed by atoms with Crippen LogP contribution >= 0.6 is 0 Å². The quantitative estimate of drug-likeness (QED) is 0.556. The van der Waals surface area contributed by atoms with Crippen molar-refractivity contribution in [3.63, 3.8) is 0 Å². The van der Waals surface area contributed by atoms with Gasteiger partial charge in [0.05, 0.1) is 0 Å². The molecule has 1 aromatic rings. The van der Waals surface area contributed by atoms with E-state index < -0.39 is 0 Å². The highest BCUT2D eigenvalue weighted by Crippen LogP contribution is 2.29. The third-order valence-electron chi connectivity index (χ3n) is 3.42. The first-order valence-corrected chi connectivity index (χ1v) is 7.88. The summed E-state index contributed by atoms with van der Waals surface area (Å²) in [5.74, 6) is 0. The molecule has 19 heavy (non-hydrogen) atoms. The zero-order valence-electron chi connectivity index (χ0n) is 15.0. The van der Waals surface area contributed by atoms with E-state index in [0.717, 1.165) is 0 Å². The zero-order valence-corrected chi connectivity index (χ0v) is 15.0. The average Bonchev–Trinajstić information content (AvgIpc) is 2.42. The van der Waals surface area contributed by atoms with Gasteiger partial charge in [0.15, 0.2) is 0 Å². The van der Waals surface area contributed by atoms with Gasteiger partial charge >= 0.3 is 0 Å². The van der Waals surface area contributed by atoms with Crippen molar-refractivity contribution in [3.8, 4) is 0 Å². The molecule has 0 radical (unpaired) electrons. The lowest BCUT2D eigenvalue weighted by Crippen LogP contribution is -2.16. The SMILES string of the molecule is CC.CC.CCC(C)(C)c1ccc(C(C)(C)C)cc1. The fraction of sp³-hybridized carbons (Fsp3) is 0.684. The van der Waals surface area contributed by atoms with Crippen LogP contribution in [0.1, 0.15) is 86.8 Å². The topological polar surface area (TPSA) is 0 Å². The van der Waals surface area contributed by atoms with Gasteiger partial charge in [0, 0.05) is 0 Å². The number of benzene rings is 1. The Labute approximate surface area is 122 Å². The molecule has 0 fully saturated rings. The third-order valence-corrected chi connectivity index (χ3v) is 3.42. The standard InChI is InChI=1S/C15H24.2C2H6/c1-7-15(5,6)13-10-8-12(9-11-13)14(2,3)4;2*1-2/h8-11H,7H2,1-6H3;2*1-2H3. The Hall–Kier alpha value is -0.780. The van der Waals surface area contributed by atoms with E-state index in [-0.39, 0.29) is 5.41 Å². The molecule has 0 heteroatoms. The fourth-order valence-electron chi connectivity index (χ4n) is 1.63. The van der Waals surface area contributed by atoms with Crippen molar-refractivity contribution in [1.29, 1.82) is 0 Å². The van der Waals surface area contributed by atoms with Crippen LogP contribution in [0.2, 0.25) is 0 Å². The van der Waals surface area contributed by atoms with Crippen molar-refractivity contribution < 1.29 is 0 Å². The van der Waals surface area contributed by atoms with Crippen LogP contribution in [-0.4, -0.2) is 0 Å². The second-order valence-corrected chi connectivity index (χ2v) is 6.06. The van der Waals surface area contributed by atoms with Crippen LogP contribution in [0.15, 0.2) is 24.3 Å². The maximum Gasteiger partial charge on any atom is -0.0106 e. The molecular weight excluding hydrogens is 228 g/mol. The Balaban J connectivity index is 0. The van der Waals surface area contributed by atoms with Gasteiger partial charge in [-0.15, -0.1) is 0 Å². The van der Waals surface area contributed by atoms with Crippen molar-refractivity contribution in [3.05, 3.63) is 35.4 Å². The van der Waals surface area contributed by atoms with Gasteiger partial charge in [-0.1, -0.05) is 93.5 Å². The first-order chi connectivity index (χ1) is 8.77. The first kappa shape index (κ1) is 20.5. The van der Waals surface area contributed by atoms with E-state index in [2.05, 4.69) is 65.8 Å². The number of hydrogen-bond donors (Lipinski definition) is 0. The Bertz CT molecular complexity index is 309. The maximum absolute atomic E-state index is 2.30. The molecule has 0 saturated heterocycles. The van der Waals surface area contributed by atoms with Gasteiger partial charge in [0.1, 0.15) is 0 Å². The molecule has 0 aliphatic carbocycles. The van der Waals surface area contributed by atoms with E-state index in [9.17, 15) is 0 Å². The molecule has 0 aliphatic heterocycles. The highest BCUT2D eigenvalue weighted by Gasteiger charge is 2.19. The first-order valence-electron chi connectivity index (χ1n) is 7.88. The predicted octanol–water partition coefficient (Wildman–Crippen LogP) is 6.72. The molecule has 0 aromatic heterocycles. The van der Waals surface area contributed by atoms with Crippen LogP contribution in [0.4, 0.5) is 0 Å². The molecule has 0 atom stereocenters. The number of rotatable bonds is 2. The van der Waals surface area contributed by atoms with Gasteiger partial charge in [-0.25, -0.2) is 0 Å². The molecule has 0 amide bonds. The second-order valence-electron chi connectivity index (χ2n) is 6.06. The minimum Gasteiger partial charge on any atom is -0.0683 e. The smallest absolute Gasteiger partial charge is 0.0106 e. The summed E-state index contributed by atoms with van der Waals surface area (Å²) in [6, 6.07) is 9.10. The Kier molecular flexibility index (Phi) is 9.92. The van der Waals surface area contributed by atoms with E-state index in [1.165, 1.54) is 17.5 Å². The molecule has 0 unspecified atom stereocenters. The highest BCUT2D eigenvalue weighted by molar-refractivity contribution is 5.31. The lowest BCUT2D eigenvalue weighted by atomic mass is 9.80. The van der Waals surface area contributed by atoms with Crippen LogP contribution in [0.3, 0.4) is 0 Å². The predicted molar refractivity (Wildman–Crippen MR) is 91.2 cm³/mol. The molecule has 0 N–H and O–H groups in total. The van der Waals surface area contributed by atoms with E-state index in [0.29, 0.717) is 5.41 Å². The summed E-state index contributed by atoms with van der Waals surface area (Å²) in [4.78, 5) is 0. The van der Waals surface area contributed by atoms with Gasteiger partial charge in [-0.05, 0) is 28.4 Å². The Morgan fingerprint density at radius 1 is 0.684 bits per heavy atom. The summed E-state index contributed by atoms with van der Waals surface area (Å²) >= 11 is 0. The van der Waals surface area contributed by atoms with Crippen LogP contribution < -0.4 is 0 Å². The van der Waals surface area contributed by atoms with Crippen molar-refractivity contribution in [2.75, 3.05) is 0 Å². The van der Waals surface area contributed by atoms with E-state index in [1.807, 2.05) is 27.7 Å². The van der Waals surface area contributed by atoms with Gasteiger partial charge in [-0.3, -0.25) is 0 Å². The summed E-state index contributed by atoms with van der Waals surface area (Å²) in [5, 5.41) is 0. The molecule has 0 saturated carbocycles. The minimum atomic E-state index is 0.259. The van der Waals surface area contributed by atoms with E-state index >= 15 is 0 Å². The van der Waals surface area contributed by atoms with Crippen LogP contribution in [0.5, 0.6) is 0 Å². The number of hydrogen-bond acceptors (Lipinski definition) is 0. The summed E-state index contributed by atoms with van der Waals surface area (Å²) in [6.45, 7) is 21.6. The molecule has 112 valence electrons. The zero-order chi connectivity index (χ0) is 15.7. The highest BCUT2D eigenvalue weighted by atomic mass is 14.2. The Morgan fingerprint density at radius 3 is 1.26 bits per heavy atom. The normalized spacial score (nSPS) is 10.8. The average molecular weight is 264 g/mol. The van der Waals surface area contributed by atoms with Gasteiger partial charge in [0.25, 0.3) is 0 Å². The molecule has 1 rings (SSSR count). The van der Waals surface area contributed by atoms with Gasteiger partial charge < -0.3 is 0 Å². The Morgan fingerprint density at radius 2 is 1.00 bits per heavy atom. The van der Waals surface area contributed by atoms with Crippen molar-refractivity contribution in [2.24, 2.45) is 0 Å². The summed E-state index contributed by atoms with van der Waals surface area (Å²) < 4.78 is 0. The lowest BCUT2D eigenvalue weighted by Gasteiger charge is -2.25. The van der Waals surface area contributed by atoms with Crippen molar-refractivity contribution in [1.82, 2.24) is 0 Å². The van der Waals surface area contributed by atoms with Crippen LogP contribution in [0, 0.1) is 0 Å². The monoisotopic (exact) mass is 264 g/mol. The van der Waals surface area contributed by atoms with Gasteiger partial charge in [-0.2, -0.15) is 0 Å². The molecule has 0 aliphatic rings. The fourth-order valence-corrected chi connectivity index (χ4v) is 1.63. The molecule has 0 nitrogen and oxygen atoms in total. The molecular formula is C19H36. The van der Waals surface area contributed by atoms with E-state index in [1.54, 1.807) is 0 Å². The lowest BCUT2D eigenvalue weighted by molar-refractivity contribution is 0.505. The maximum atomic E-state index is 2.30. The molecule has 0 heterocycles. The molecule has 0 bridgehead atoms. The molecule has 1 aromatic carbocycles. The van der Waals surface area contributed by atoms with Crippen LogP contribution in [0.25, 0.3) is 0 Å². The summed E-state index contributed by atoms with van der Waals surface area (Å²) in [5.41, 5.74) is 3.42. The summed E-state index contributed by atoms with van der Waals surface area (Å²) in [6.07, 6.45) is 1.18. The van der Waals surface area contributed by atoms with E-state index in [4.69, 9.17) is 0 Å². The molecule has 0 spiro atoms. The van der Waals surface area contributed by atoms with Crippen molar-refractivity contribution >= 4 is 0 Å². The summed E-state index contributed by atoms with van der Waals surface area (Å²) in [7, 11) is 0.